The molecule has 318 valence electrons. The van der Waals surface area contributed by atoms with Crippen molar-refractivity contribution in [2.24, 2.45) is 0 Å². The number of hydrogen-bond acceptors (Lipinski definition) is 6. The van der Waals surface area contributed by atoms with Crippen molar-refractivity contribution in [1.29, 1.82) is 10.5 Å². The third kappa shape index (κ3) is 4.87. The van der Waals surface area contributed by atoms with Crippen molar-refractivity contribution >= 4 is 65.4 Å². The summed E-state index contributed by atoms with van der Waals surface area (Å²) in [7, 11) is 0. The van der Waals surface area contributed by atoms with Crippen LogP contribution >= 0.6 is 0 Å². The number of ether oxygens (including phenoxy) is 1. The van der Waals surface area contributed by atoms with Gasteiger partial charge in [0.1, 0.15) is 11.5 Å². The van der Waals surface area contributed by atoms with E-state index in [1.165, 1.54) is 10.8 Å². The molecule has 1 spiro atoms. The minimum Gasteiger partial charge on any atom is -0.457 e. The normalized spacial score (nSPS) is 14.5. The van der Waals surface area contributed by atoms with E-state index in [1.54, 1.807) is 6.20 Å². The standard InChI is InChI=1S/C60H32N8O/c61-31-35-15-20-52-43(26-35)42-23-25-63-34-55(42)67(52)37-18-22-54-45(28-37)44-27-36(32-62)16-21-53(44)66(54)38-17-19-47-57(30-38)69-56-14-6-3-10-46(56)60(47)48-11-7-24-64-58(48)59-49(60)29-39(33-65-59)68-50-12-4-1-8-40(50)41-9-2-5-13-51(41)68/h1-30,33-34H. The Morgan fingerprint density at radius 3 is 1.72 bits per heavy atom. The van der Waals surface area contributed by atoms with Gasteiger partial charge in [-0.2, -0.15) is 10.5 Å². The van der Waals surface area contributed by atoms with Gasteiger partial charge in [-0.3, -0.25) is 15.0 Å². The molecule has 6 aromatic heterocycles. The zero-order chi connectivity index (χ0) is 45.5. The van der Waals surface area contributed by atoms with E-state index >= 15 is 0 Å². The maximum absolute atomic E-state index is 10.2. The molecule has 1 unspecified atom stereocenters. The predicted octanol–water partition coefficient (Wildman–Crippen LogP) is 13.4. The molecule has 1 aliphatic heterocycles. The second kappa shape index (κ2) is 13.6. The molecule has 15 rings (SSSR count). The number of hydrogen-bond donors (Lipinski definition) is 0. The monoisotopic (exact) mass is 880 g/mol. The molecule has 0 saturated carbocycles. The Bertz CT molecular complexity index is 4470. The molecule has 0 amide bonds. The Morgan fingerprint density at radius 2 is 0.957 bits per heavy atom. The SMILES string of the molecule is N#Cc1ccc2c(c1)c1cc(-n3c4ccc(C#N)cc4c4ccncc43)ccc1n2-c1ccc2c(c1)Oc1ccccc1C21c2cccnc2-c2ncc(-n3c4ccccc4c4ccccc43)cc21. The number of nitrogens with zero attached hydrogens (tertiary/aromatic N) is 8. The molecule has 69 heavy (non-hydrogen) atoms. The number of rotatable bonds is 3. The molecular weight excluding hydrogens is 849 g/mol. The van der Waals surface area contributed by atoms with Gasteiger partial charge in [0.2, 0.25) is 0 Å². The zero-order valence-corrected chi connectivity index (χ0v) is 36.5. The number of fused-ring (bicyclic) bond motifs is 18. The van der Waals surface area contributed by atoms with Crippen LogP contribution in [0.3, 0.4) is 0 Å². The molecule has 7 aromatic carbocycles. The Hall–Kier alpha value is -9.83. The minimum absolute atomic E-state index is 0.574. The van der Waals surface area contributed by atoms with Crippen LogP contribution in [-0.2, 0) is 5.41 Å². The summed E-state index contributed by atoms with van der Waals surface area (Å²) in [5.74, 6) is 1.49. The third-order valence-corrected chi connectivity index (χ3v) is 14.5. The van der Waals surface area contributed by atoms with Gasteiger partial charge in [0, 0.05) is 78.8 Å². The number of aromatic nitrogens is 6. The van der Waals surface area contributed by atoms with Gasteiger partial charge in [-0.05, 0) is 103 Å². The first-order valence-corrected chi connectivity index (χ1v) is 22.8. The van der Waals surface area contributed by atoms with E-state index in [0.29, 0.717) is 11.1 Å². The molecule has 0 radical (unpaired) electrons. The lowest BCUT2D eigenvalue weighted by molar-refractivity contribution is 0.436. The van der Waals surface area contributed by atoms with E-state index in [-0.39, 0.29) is 0 Å². The van der Waals surface area contributed by atoms with Crippen molar-refractivity contribution in [3.8, 4) is 52.1 Å². The minimum atomic E-state index is -0.813. The van der Waals surface area contributed by atoms with Crippen molar-refractivity contribution in [2.75, 3.05) is 0 Å². The molecule has 0 fully saturated rings. The Labute approximate surface area is 393 Å². The highest BCUT2D eigenvalue weighted by Gasteiger charge is 2.52. The number of para-hydroxylation sites is 3. The van der Waals surface area contributed by atoms with Crippen molar-refractivity contribution in [2.45, 2.75) is 5.41 Å². The van der Waals surface area contributed by atoms with Gasteiger partial charge >= 0.3 is 0 Å². The van der Waals surface area contributed by atoms with E-state index < -0.39 is 5.41 Å². The lowest BCUT2D eigenvalue weighted by Crippen LogP contribution is -2.32. The summed E-state index contributed by atoms with van der Waals surface area (Å²) in [6.07, 6.45) is 7.50. The van der Waals surface area contributed by atoms with Crippen LogP contribution < -0.4 is 4.74 Å². The first-order chi connectivity index (χ1) is 34.1. The van der Waals surface area contributed by atoms with Crippen molar-refractivity contribution in [3.05, 3.63) is 228 Å². The van der Waals surface area contributed by atoms with Crippen LogP contribution in [0.25, 0.3) is 93.9 Å². The summed E-state index contributed by atoms with van der Waals surface area (Å²) in [5.41, 5.74) is 15.0. The van der Waals surface area contributed by atoms with Crippen LogP contribution in [0.15, 0.2) is 195 Å². The zero-order valence-electron chi connectivity index (χ0n) is 36.5. The molecule has 0 saturated heterocycles. The van der Waals surface area contributed by atoms with E-state index in [2.05, 4.69) is 146 Å². The van der Waals surface area contributed by atoms with Crippen LogP contribution in [-0.4, -0.2) is 28.7 Å². The largest absolute Gasteiger partial charge is 0.457 e. The Morgan fingerprint density at radius 1 is 0.391 bits per heavy atom. The predicted molar refractivity (Wildman–Crippen MR) is 270 cm³/mol. The number of pyridine rings is 3. The van der Waals surface area contributed by atoms with Gasteiger partial charge in [0.05, 0.1) is 91.2 Å². The average molecular weight is 881 g/mol. The summed E-state index contributed by atoms with van der Waals surface area (Å²) in [5, 5.41) is 26.3. The van der Waals surface area contributed by atoms with E-state index in [9.17, 15) is 10.5 Å². The number of nitriles is 2. The topological polar surface area (TPSA) is 110 Å². The second-order valence-corrected chi connectivity index (χ2v) is 17.8. The van der Waals surface area contributed by atoms with Gasteiger partial charge in [0.25, 0.3) is 0 Å². The van der Waals surface area contributed by atoms with Crippen LogP contribution in [0, 0.1) is 22.7 Å². The molecule has 13 aromatic rings. The van der Waals surface area contributed by atoms with Crippen molar-refractivity contribution < 1.29 is 4.74 Å². The lowest BCUT2D eigenvalue weighted by atomic mass is 9.66. The second-order valence-electron chi connectivity index (χ2n) is 17.8. The molecule has 7 heterocycles. The summed E-state index contributed by atoms with van der Waals surface area (Å²) in [6.45, 7) is 0. The van der Waals surface area contributed by atoms with Crippen molar-refractivity contribution in [1.82, 2.24) is 28.7 Å². The van der Waals surface area contributed by atoms with Gasteiger partial charge in [0.15, 0.2) is 0 Å². The summed E-state index contributed by atoms with van der Waals surface area (Å²) < 4.78 is 13.8. The maximum Gasteiger partial charge on any atom is 0.134 e. The van der Waals surface area contributed by atoms with E-state index in [0.717, 1.165) is 117 Å². The highest BCUT2D eigenvalue weighted by molar-refractivity contribution is 6.13. The molecular formula is C60H32N8O. The van der Waals surface area contributed by atoms with Gasteiger partial charge in [-0.25, -0.2) is 0 Å². The first-order valence-electron chi connectivity index (χ1n) is 22.8. The Balaban J connectivity index is 0.964. The average Bonchev–Trinajstić information content (AvgIpc) is 4.12. The summed E-state index contributed by atoms with van der Waals surface area (Å²) in [4.78, 5) is 14.9. The molecule has 0 N–H and O–H groups in total. The quantitative estimate of drug-likeness (QED) is 0.175. The highest BCUT2D eigenvalue weighted by Crippen LogP contribution is 2.62. The number of benzene rings is 7. The van der Waals surface area contributed by atoms with E-state index in [1.807, 2.05) is 73.2 Å². The summed E-state index contributed by atoms with van der Waals surface area (Å²) >= 11 is 0. The maximum atomic E-state index is 10.2. The van der Waals surface area contributed by atoms with Crippen LogP contribution in [0.2, 0.25) is 0 Å². The fourth-order valence-corrected chi connectivity index (χ4v) is 11.8. The first kappa shape index (κ1) is 37.4. The van der Waals surface area contributed by atoms with Crippen molar-refractivity contribution in [3.63, 3.8) is 0 Å². The summed E-state index contributed by atoms with van der Waals surface area (Å²) in [6, 6.07) is 63.4. The molecule has 1 atom stereocenters. The third-order valence-electron chi connectivity index (χ3n) is 14.5. The molecule has 9 heteroatoms. The fraction of sp³-hybridized carbons (Fsp3) is 0.0167. The lowest BCUT2D eigenvalue weighted by Gasteiger charge is -2.39. The van der Waals surface area contributed by atoms with Gasteiger partial charge < -0.3 is 18.4 Å². The highest BCUT2D eigenvalue weighted by atomic mass is 16.5. The van der Waals surface area contributed by atoms with Gasteiger partial charge in [-0.15, -0.1) is 0 Å². The van der Waals surface area contributed by atoms with Crippen LogP contribution in [0.1, 0.15) is 33.4 Å². The smallest absolute Gasteiger partial charge is 0.134 e. The Kier molecular flexibility index (Phi) is 7.38. The molecule has 2 aliphatic rings. The van der Waals surface area contributed by atoms with Crippen LogP contribution in [0.5, 0.6) is 11.5 Å². The van der Waals surface area contributed by atoms with Gasteiger partial charge in [-0.1, -0.05) is 66.7 Å². The molecule has 1 aliphatic carbocycles. The molecule has 0 bridgehead atoms. The fourth-order valence-electron chi connectivity index (χ4n) is 11.8. The molecule has 9 nitrogen and oxygen atoms in total. The van der Waals surface area contributed by atoms with E-state index in [4.69, 9.17) is 14.7 Å². The van der Waals surface area contributed by atoms with Crippen LogP contribution in [0.4, 0.5) is 0 Å².